The summed E-state index contributed by atoms with van der Waals surface area (Å²) in [4.78, 5) is 13.9. The molecule has 1 amide bonds. The van der Waals surface area contributed by atoms with E-state index < -0.39 is 5.60 Å². The largest absolute Gasteiger partial charge is 0.482 e. The van der Waals surface area contributed by atoms with Crippen molar-refractivity contribution in [2.24, 2.45) is 0 Å². The fourth-order valence-corrected chi connectivity index (χ4v) is 2.87. The molecule has 1 fully saturated rings. The summed E-state index contributed by atoms with van der Waals surface area (Å²) in [5.41, 5.74) is 0.377. The highest BCUT2D eigenvalue weighted by Crippen LogP contribution is 2.37. The monoisotopic (exact) mass is 301 g/mol. The number of amides is 1. The van der Waals surface area contributed by atoms with E-state index in [-0.39, 0.29) is 11.7 Å². The molecule has 0 atom stereocenters. The first-order valence-electron chi connectivity index (χ1n) is 7.82. The molecule has 0 aliphatic carbocycles. The third-order valence-corrected chi connectivity index (χ3v) is 4.06. The number of hydrogen-bond donors (Lipinski definition) is 0. The molecule has 0 bridgehead atoms. The lowest BCUT2D eigenvalue weighted by Gasteiger charge is -2.42. The summed E-state index contributed by atoms with van der Waals surface area (Å²) in [6.45, 7) is 6.98. The van der Waals surface area contributed by atoms with Crippen LogP contribution in [0.3, 0.4) is 0 Å². The van der Waals surface area contributed by atoms with Gasteiger partial charge in [0.1, 0.15) is 17.0 Å². The Morgan fingerprint density at radius 1 is 1.23 bits per heavy atom. The molecule has 22 heavy (non-hydrogen) atoms. The van der Waals surface area contributed by atoms with E-state index in [0.717, 1.165) is 24.2 Å². The van der Waals surface area contributed by atoms with Gasteiger partial charge in [0, 0.05) is 31.5 Å². The Kier molecular flexibility index (Phi) is 3.63. The number of carbonyl (C=O) groups excluding carboxylic acids is 1. The molecule has 2 aliphatic heterocycles. The summed E-state index contributed by atoms with van der Waals surface area (Å²) in [6.07, 6.45) is 5.61. The average molecular weight is 301 g/mol. The maximum atomic E-state index is 12.1. The van der Waals surface area contributed by atoms with Crippen LogP contribution in [0.1, 0.15) is 39.2 Å². The smallest absolute Gasteiger partial charge is 0.410 e. The van der Waals surface area contributed by atoms with Gasteiger partial charge in [0.15, 0.2) is 0 Å². The van der Waals surface area contributed by atoms with Gasteiger partial charge in [-0.3, -0.25) is 0 Å². The van der Waals surface area contributed by atoms with Crippen LogP contribution in [0.4, 0.5) is 4.79 Å². The molecule has 4 nitrogen and oxygen atoms in total. The Morgan fingerprint density at radius 3 is 2.59 bits per heavy atom. The molecule has 2 heterocycles. The highest BCUT2D eigenvalue weighted by molar-refractivity contribution is 5.68. The van der Waals surface area contributed by atoms with Crippen molar-refractivity contribution in [3.05, 3.63) is 35.9 Å². The van der Waals surface area contributed by atoms with Crippen molar-refractivity contribution in [1.82, 2.24) is 4.90 Å². The van der Waals surface area contributed by atoms with Crippen LogP contribution in [0.15, 0.2) is 30.3 Å². The fourth-order valence-electron chi connectivity index (χ4n) is 2.87. The molecule has 4 heteroatoms. The molecule has 1 saturated heterocycles. The second-order valence-electron chi connectivity index (χ2n) is 7.01. The van der Waals surface area contributed by atoms with Gasteiger partial charge in [-0.15, -0.1) is 0 Å². The van der Waals surface area contributed by atoms with E-state index in [1.54, 1.807) is 4.90 Å². The molecule has 0 N–H and O–H groups in total. The van der Waals surface area contributed by atoms with Crippen molar-refractivity contribution in [3.8, 4) is 5.75 Å². The lowest BCUT2D eigenvalue weighted by Crippen LogP contribution is -2.50. The Bertz CT molecular complexity index is 593. The number of benzene rings is 1. The van der Waals surface area contributed by atoms with E-state index >= 15 is 0 Å². The van der Waals surface area contributed by atoms with Crippen LogP contribution in [0, 0.1) is 0 Å². The predicted molar refractivity (Wildman–Crippen MR) is 85.9 cm³/mol. The number of likely N-dealkylation sites (tertiary alicyclic amines) is 1. The van der Waals surface area contributed by atoms with Crippen LogP contribution < -0.4 is 4.74 Å². The predicted octanol–water partition coefficient (Wildman–Crippen LogP) is 3.86. The Morgan fingerprint density at radius 2 is 1.91 bits per heavy atom. The minimum Gasteiger partial charge on any atom is -0.482 e. The minimum atomic E-state index is -0.452. The fraction of sp³-hybridized carbons (Fsp3) is 0.500. The average Bonchev–Trinajstić information content (AvgIpc) is 2.46. The van der Waals surface area contributed by atoms with Crippen LogP contribution in [0.25, 0.3) is 6.08 Å². The molecule has 0 aromatic heterocycles. The summed E-state index contributed by atoms with van der Waals surface area (Å²) in [7, 11) is 0. The van der Waals surface area contributed by atoms with Gasteiger partial charge >= 0.3 is 6.09 Å². The van der Waals surface area contributed by atoms with E-state index in [1.165, 1.54) is 0 Å². The zero-order valence-electron chi connectivity index (χ0n) is 13.5. The summed E-state index contributed by atoms with van der Waals surface area (Å²) in [6, 6.07) is 8.05. The molecule has 118 valence electrons. The molecule has 0 saturated carbocycles. The highest BCUT2D eigenvalue weighted by Gasteiger charge is 2.38. The second kappa shape index (κ2) is 5.34. The van der Waals surface area contributed by atoms with Gasteiger partial charge in [0.2, 0.25) is 0 Å². The van der Waals surface area contributed by atoms with Crippen molar-refractivity contribution in [3.63, 3.8) is 0 Å². The first-order valence-corrected chi connectivity index (χ1v) is 7.82. The zero-order chi connectivity index (χ0) is 15.8. The normalized spacial score (nSPS) is 19.5. The number of ether oxygens (including phenoxy) is 2. The van der Waals surface area contributed by atoms with Gasteiger partial charge in [-0.25, -0.2) is 4.79 Å². The topological polar surface area (TPSA) is 38.8 Å². The van der Waals surface area contributed by atoms with Gasteiger partial charge in [-0.05, 0) is 32.9 Å². The molecule has 0 unspecified atom stereocenters. The van der Waals surface area contributed by atoms with Crippen LogP contribution in [0.2, 0.25) is 0 Å². The number of fused-ring (bicyclic) bond motifs is 1. The van der Waals surface area contributed by atoms with Crippen LogP contribution in [0.5, 0.6) is 5.75 Å². The third-order valence-electron chi connectivity index (χ3n) is 4.06. The Hall–Kier alpha value is -1.97. The number of nitrogens with zero attached hydrogens (tertiary/aromatic N) is 1. The number of para-hydroxylation sites is 1. The SMILES string of the molecule is CC(C)(C)OC(=O)N1CCC2(C=Cc3ccccc3O2)CC1. The van der Waals surface area contributed by atoms with Gasteiger partial charge in [-0.2, -0.15) is 0 Å². The van der Waals surface area contributed by atoms with Crippen molar-refractivity contribution in [2.45, 2.75) is 44.8 Å². The molecule has 0 radical (unpaired) electrons. The van der Waals surface area contributed by atoms with E-state index in [0.29, 0.717) is 13.1 Å². The number of piperidine rings is 1. The lowest BCUT2D eigenvalue weighted by atomic mass is 9.88. The quantitative estimate of drug-likeness (QED) is 0.730. The van der Waals surface area contributed by atoms with E-state index in [4.69, 9.17) is 9.47 Å². The third kappa shape index (κ3) is 3.11. The van der Waals surface area contributed by atoms with E-state index in [2.05, 4.69) is 18.2 Å². The van der Waals surface area contributed by atoms with E-state index in [1.807, 2.05) is 39.0 Å². The summed E-state index contributed by atoms with van der Waals surface area (Å²) >= 11 is 0. The minimum absolute atomic E-state index is 0.234. The maximum absolute atomic E-state index is 12.1. The highest BCUT2D eigenvalue weighted by atomic mass is 16.6. The van der Waals surface area contributed by atoms with Gasteiger partial charge < -0.3 is 14.4 Å². The molecular formula is C18H23NO3. The summed E-state index contributed by atoms with van der Waals surface area (Å²) < 4.78 is 11.7. The molecular weight excluding hydrogens is 278 g/mol. The van der Waals surface area contributed by atoms with E-state index in [9.17, 15) is 4.79 Å². The first-order chi connectivity index (χ1) is 10.4. The van der Waals surface area contributed by atoms with Crippen LogP contribution in [-0.2, 0) is 4.74 Å². The van der Waals surface area contributed by atoms with Crippen molar-refractivity contribution < 1.29 is 14.3 Å². The second-order valence-corrected chi connectivity index (χ2v) is 7.01. The summed E-state index contributed by atoms with van der Waals surface area (Å²) in [5, 5.41) is 0. The van der Waals surface area contributed by atoms with Crippen molar-refractivity contribution in [1.29, 1.82) is 0 Å². The van der Waals surface area contributed by atoms with Gasteiger partial charge in [-0.1, -0.05) is 24.3 Å². The molecule has 1 aromatic carbocycles. The van der Waals surface area contributed by atoms with Gasteiger partial charge in [0.25, 0.3) is 0 Å². The summed E-state index contributed by atoms with van der Waals surface area (Å²) in [5.74, 6) is 0.927. The molecule has 2 aliphatic rings. The first kappa shape index (κ1) is 14.9. The number of rotatable bonds is 0. The Labute approximate surface area is 131 Å². The molecule has 3 rings (SSSR count). The van der Waals surface area contributed by atoms with Crippen LogP contribution in [-0.4, -0.2) is 35.3 Å². The maximum Gasteiger partial charge on any atom is 0.410 e. The number of hydrogen-bond acceptors (Lipinski definition) is 3. The standard InChI is InChI=1S/C18H23NO3/c1-17(2,3)22-16(20)19-12-10-18(11-13-19)9-8-14-6-4-5-7-15(14)21-18/h4-9H,10-13H2,1-3H3. The van der Waals surface area contributed by atoms with Gasteiger partial charge in [0.05, 0.1) is 0 Å². The van der Waals surface area contributed by atoms with Crippen molar-refractivity contribution >= 4 is 12.2 Å². The lowest BCUT2D eigenvalue weighted by molar-refractivity contribution is -0.00101. The number of carbonyl (C=O) groups is 1. The van der Waals surface area contributed by atoms with Crippen molar-refractivity contribution in [2.75, 3.05) is 13.1 Å². The Balaban J connectivity index is 1.64. The molecule has 1 aromatic rings. The zero-order valence-corrected chi connectivity index (χ0v) is 13.5. The molecule has 1 spiro atoms. The van der Waals surface area contributed by atoms with Crippen LogP contribution >= 0.6 is 0 Å².